The van der Waals surface area contributed by atoms with Gasteiger partial charge in [-0.05, 0) is 29.6 Å². The summed E-state index contributed by atoms with van der Waals surface area (Å²) >= 11 is 8.15. The third-order valence-electron chi connectivity index (χ3n) is 3.43. The molecule has 0 aliphatic carbocycles. The molecule has 0 atom stereocenters. The van der Waals surface area contributed by atoms with Crippen molar-refractivity contribution in [3.8, 4) is 27.1 Å². The molecule has 132 valence electrons. The molecule has 0 spiro atoms. The molecule has 26 heavy (non-hydrogen) atoms. The minimum absolute atomic E-state index is 0.544. The van der Waals surface area contributed by atoms with Gasteiger partial charge in [-0.25, -0.2) is 4.98 Å². The Morgan fingerprint density at radius 1 is 1.23 bits per heavy atom. The van der Waals surface area contributed by atoms with Crippen molar-refractivity contribution in [1.29, 1.82) is 0 Å². The number of rotatable bonds is 6. The highest BCUT2D eigenvalue weighted by Crippen LogP contribution is 2.35. The lowest BCUT2D eigenvalue weighted by Gasteiger charge is -2.06. The average molecular weight is 466 g/mol. The van der Waals surface area contributed by atoms with Gasteiger partial charge in [0.05, 0.1) is 23.2 Å². The number of thiazole rings is 1. The van der Waals surface area contributed by atoms with E-state index >= 15 is 0 Å². The van der Waals surface area contributed by atoms with Gasteiger partial charge >= 0.3 is 0 Å². The molecule has 0 aliphatic heterocycles. The Balaban J connectivity index is 1.47. The molecule has 3 heterocycles. The first-order valence-corrected chi connectivity index (χ1v) is 11.0. The third-order valence-corrected chi connectivity index (χ3v) is 6.55. The molecule has 3 aromatic heterocycles. The molecular weight excluding hydrogens is 454 g/mol. The van der Waals surface area contributed by atoms with Gasteiger partial charge in [-0.3, -0.25) is 0 Å². The lowest BCUT2D eigenvalue weighted by Crippen LogP contribution is -1.88. The Hall–Kier alpha value is -1.68. The first kappa shape index (κ1) is 17.7. The van der Waals surface area contributed by atoms with Crippen molar-refractivity contribution in [3.05, 3.63) is 51.3 Å². The summed E-state index contributed by atoms with van der Waals surface area (Å²) in [5.41, 5.74) is 1.94. The number of methoxy groups -OCH3 is 1. The van der Waals surface area contributed by atoms with Gasteiger partial charge in [0.25, 0.3) is 11.1 Å². The summed E-state index contributed by atoms with van der Waals surface area (Å²) in [4.78, 5) is 5.69. The highest BCUT2D eigenvalue weighted by Gasteiger charge is 2.13. The Kier molecular flexibility index (Phi) is 5.39. The second-order valence-corrected chi connectivity index (χ2v) is 8.78. The van der Waals surface area contributed by atoms with E-state index in [1.807, 2.05) is 41.1 Å². The van der Waals surface area contributed by atoms with Crippen LogP contribution in [0.2, 0.25) is 0 Å². The third kappa shape index (κ3) is 3.85. The topological polar surface area (TPSA) is 61.0 Å². The Bertz CT molecular complexity index is 1010. The van der Waals surface area contributed by atoms with E-state index in [0.717, 1.165) is 31.4 Å². The van der Waals surface area contributed by atoms with E-state index in [1.54, 1.807) is 29.8 Å². The van der Waals surface area contributed by atoms with E-state index in [9.17, 15) is 0 Å². The standard InChI is InChI=1S/C17H12BrN3O2S3/c1-22-13-5-4-10(18)7-12(13)16-19-11(8-25-16)9-26-17-21-20-15(23-17)14-3-2-6-24-14/h2-8H,9H2,1H3. The van der Waals surface area contributed by atoms with Crippen molar-refractivity contribution in [2.45, 2.75) is 11.0 Å². The summed E-state index contributed by atoms with van der Waals surface area (Å²) in [6, 6.07) is 9.82. The molecular formula is C17H12BrN3O2S3. The van der Waals surface area contributed by atoms with Crippen molar-refractivity contribution in [3.63, 3.8) is 0 Å². The number of thiophene rings is 1. The molecule has 0 bridgehead atoms. The molecule has 0 aliphatic rings. The van der Waals surface area contributed by atoms with Crippen molar-refractivity contribution in [2.24, 2.45) is 0 Å². The summed E-state index contributed by atoms with van der Waals surface area (Å²) in [5, 5.41) is 13.7. The number of ether oxygens (including phenoxy) is 1. The predicted octanol–water partition coefficient (Wildman–Crippen LogP) is 5.99. The molecule has 0 amide bonds. The monoisotopic (exact) mass is 465 g/mol. The SMILES string of the molecule is COc1ccc(Br)cc1-c1nc(CSc2nnc(-c3cccs3)o2)cs1. The number of aromatic nitrogens is 3. The van der Waals surface area contributed by atoms with Crippen LogP contribution in [0.15, 0.2) is 55.2 Å². The first-order valence-electron chi connectivity index (χ1n) is 7.51. The molecule has 0 unspecified atom stereocenters. The van der Waals surface area contributed by atoms with Crippen molar-refractivity contribution in [1.82, 2.24) is 15.2 Å². The summed E-state index contributed by atoms with van der Waals surface area (Å²) < 4.78 is 12.1. The number of benzene rings is 1. The van der Waals surface area contributed by atoms with Crippen LogP contribution in [0.3, 0.4) is 0 Å². The summed E-state index contributed by atoms with van der Waals surface area (Å²) in [5.74, 6) is 2.03. The molecule has 0 radical (unpaired) electrons. The highest BCUT2D eigenvalue weighted by atomic mass is 79.9. The number of hydrogen-bond acceptors (Lipinski definition) is 8. The van der Waals surface area contributed by atoms with Gasteiger partial charge in [0, 0.05) is 15.6 Å². The summed E-state index contributed by atoms with van der Waals surface area (Å²) in [7, 11) is 1.66. The first-order chi connectivity index (χ1) is 12.7. The van der Waals surface area contributed by atoms with Crippen LogP contribution in [0.25, 0.3) is 21.3 Å². The molecule has 0 saturated heterocycles. The van der Waals surface area contributed by atoms with Crippen LogP contribution in [0, 0.1) is 0 Å². The summed E-state index contributed by atoms with van der Waals surface area (Å²) in [6.45, 7) is 0. The fourth-order valence-electron chi connectivity index (χ4n) is 2.25. The van der Waals surface area contributed by atoms with Gasteiger partial charge < -0.3 is 9.15 Å². The zero-order chi connectivity index (χ0) is 17.9. The maximum atomic E-state index is 5.69. The maximum absolute atomic E-state index is 5.69. The molecule has 0 fully saturated rings. The van der Waals surface area contributed by atoms with Crippen LogP contribution in [-0.4, -0.2) is 22.3 Å². The molecule has 4 aromatic rings. The lowest BCUT2D eigenvalue weighted by atomic mass is 10.2. The van der Waals surface area contributed by atoms with E-state index in [4.69, 9.17) is 14.1 Å². The number of thioether (sulfide) groups is 1. The van der Waals surface area contributed by atoms with Crippen molar-refractivity contribution in [2.75, 3.05) is 7.11 Å². The Labute approximate surface area is 170 Å². The van der Waals surface area contributed by atoms with Crippen LogP contribution in [-0.2, 0) is 5.75 Å². The number of halogens is 1. The molecule has 0 saturated carbocycles. The van der Waals surface area contributed by atoms with E-state index in [0.29, 0.717) is 16.9 Å². The molecule has 4 rings (SSSR count). The van der Waals surface area contributed by atoms with Gasteiger partial charge in [0.1, 0.15) is 10.8 Å². The van der Waals surface area contributed by atoms with Crippen LogP contribution in [0.5, 0.6) is 5.75 Å². The van der Waals surface area contributed by atoms with Crippen LogP contribution in [0.4, 0.5) is 0 Å². The molecule has 0 N–H and O–H groups in total. The van der Waals surface area contributed by atoms with Gasteiger partial charge in [-0.2, -0.15) is 0 Å². The minimum Gasteiger partial charge on any atom is -0.496 e. The largest absolute Gasteiger partial charge is 0.496 e. The van der Waals surface area contributed by atoms with E-state index < -0.39 is 0 Å². The fourth-order valence-corrected chi connectivity index (χ4v) is 4.85. The Morgan fingerprint density at radius 2 is 2.15 bits per heavy atom. The smallest absolute Gasteiger partial charge is 0.277 e. The van der Waals surface area contributed by atoms with Crippen molar-refractivity contribution >= 4 is 50.4 Å². The van der Waals surface area contributed by atoms with Gasteiger partial charge in [-0.1, -0.05) is 33.8 Å². The van der Waals surface area contributed by atoms with E-state index in [-0.39, 0.29) is 0 Å². The molecule has 9 heteroatoms. The van der Waals surface area contributed by atoms with E-state index in [1.165, 1.54) is 11.8 Å². The van der Waals surface area contributed by atoms with Gasteiger partial charge in [0.15, 0.2) is 0 Å². The zero-order valence-corrected chi connectivity index (χ0v) is 17.5. The second kappa shape index (κ2) is 7.91. The summed E-state index contributed by atoms with van der Waals surface area (Å²) in [6.07, 6.45) is 0. The molecule has 5 nitrogen and oxygen atoms in total. The fraction of sp³-hybridized carbons (Fsp3) is 0.118. The number of hydrogen-bond donors (Lipinski definition) is 0. The minimum atomic E-state index is 0.544. The Morgan fingerprint density at radius 3 is 2.96 bits per heavy atom. The predicted molar refractivity (Wildman–Crippen MR) is 109 cm³/mol. The van der Waals surface area contributed by atoms with Crippen LogP contribution < -0.4 is 4.74 Å². The normalized spacial score (nSPS) is 11.0. The van der Waals surface area contributed by atoms with E-state index in [2.05, 4.69) is 26.1 Å². The van der Waals surface area contributed by atoms with Crippen molar-refractivity contribution < 1.29 is 9.15 Å². The van der Waals surface area contributed by atoms with Crippen LogP contribution >= 0.6 is 50.4 Å². The maximum Gasteiger partial charge on any atom is 0.277 e. The lowest BCUT2D eigenvalue weighted by molar-refractivity contribution is 0.416. The second-order valence-electron chi connectivity index (χ2n) is 5.13. The van der Waals surface area contributed by atoms with Crippen LogP contribution in [0.1, 0.15) is 5.69 Å². The average Bonchev–Trinajstić information content (AvgIpc) is 3.40. The number of nitrogens with zero attached hydrogens (tertiary/aromatic N) is 3. The quantitative estimate of drug-likeness (QED) is 0.326. The highest BCUT2D eigenvalue weighted by molar-refractivity contribution is 9.10. The zero-order valence-electron chi connectivity index (χ0n) is 13.5. The van der Waals surface area contributed by atoms with Gasteiger partial charge in [-0.15, -0.1) is 32.9 Å². The van der Waals surface area contributed by atoms with Gasteiger partial charge in [0.2, 0.25) is 0 Å². The molecule has 1 aromatic carbocycles.